The molecule has 160 valence electrons. The van der Waals surface area contributed by atoms with Gasteiger partial charge in [-0.3, -0.25) is 28.7 Å². The van der Waals surface area contributed by atoms with E-state index in [0.29, 0.717) is 10.8 Å². The minimum absolute atomic E-state index is 0.405. The number of rotatable bonds is 5. The molecule has 0 spiro atoms. The number of alkyl halides is 1. The van der Waals surface area contributed by atoms with Crippen LogP contribution < -0.4 is 11.2 Å². The molecule has 0 radical (unpaired) electrons. The first-order valence-corrected chi connectivity index (χ1v) is 8.29. The second kappa shape index (κ2) is 8.94. The zero-order valence-corrected chi connectivity index (χ0v) is 15.5. The Morgan fingerprint density at radius 2 is 1.69 bits per heavy atom. The number of carbonyl (C=O) groups is 3. The largest absolute Gasteiger partial charge is 0.463 e. The van der Waals surface area contributed by atoms with Crippen LogP contribution in [0.25, 0.3) is 0 Å². The average molecular weight is 420 g/mol. The van der Waals surface area contributed by atoms with Gasteiger partial charge in [-0.1, -0.05) is 0 Å². The van der Waals surface area contributed by atoms with Crippen LogP contribution in [0.2, 0.25) is 0 Å². The molecule has 1 aromatic heterocycles. The van der Waals surface area contributed by atoms with Crippen molar-refractivity contribution >= 4 is 17.9 Å². The Kier molecular flexibility index (Phi) is 6.84. The molecular weight excluding hydrogens is 402 g/mol. The Morgan fingerprint density at radius 1 is 1.10 bits per heavy atom. The number of esters is 3. The summed E-state index contributed by atoms with van der Waals surface area (Å²) in [6.45, 7) is 2.49. The van der Waals surface area contributed by atoms with Gasteiger partial charge in [0.05, 0.1) is 6.20 Å². The molecule has 1 aliphatic rings. The van der Waals surface area contributed by atoms with E-state index in [0.717, 1.165) is 20.8 Å². The molecule has 11 nitrogen and oxygen atoms in total. The van der Waals surface area contributed by atoms with Crippen LogP contribution in [0.1, 0.15) is 27.0 Å². The van der Waals surface area contributed by atoms with E-state index in [2.05, 4.69) is 0 Å². The van der Waals surface area contributed by atoms with E-state index in [4.69, 9.17) is 18.9 Å². The summed E-state index contributed by atoms with van der Waals surface area (Å²) < 4.78 is 49.3. The van der Waals surface area contributed by atoms with E-state index >= 15 is 4.39 Å². The van der Waals surface area contributed by atoms with Crippen molar-refractivity contribution in [2.75, 3.05) is 6.61 Å². The predicted molar refractivity (Wildman–Crippen MR) is 87.8 cm³/mol. The maximum Gasteiger partial charge on any atom is 0.330 e. The van der Waals surface area contributed by atoms with Crippen LogP contribution in [0.15, 0.2) is 15.8 Å². The molecule has 0 saturated carbocycles. The molecule has 2 rings (SSSR count). The zero-order valence-electron chi connectivity index (χ0n) is 15.5. The number of hydrogen-bond acceptors (Lipinski definition) is 9. The monoisotopic (exact) mass is 420 g/mol. The second-order valence-corrected chi connectivity index (χ2v) is 6.10. The Hall–Kier alpha value is -3.09. The fourth-order valence-corrected chi connectivity index (χ4v) is 2.75. The molecule has 2 heterocycles. The van der Waals surface area contributed by atoms with E-state index in [1.54, 1.807) is 4.98 Å². The minimum atomic E-state index is -2.32. The number of hydrogen-bond donors (Lipinski definition) is 1. The molecule has 0 aromatic carbocycles. The highest BCUT2D eigenvalue weighted by Gasteiger charge is 2.51. The molecule has 0 aliphatic carbocycles. The van der Waals surface area contributed by atoms with Gasteiger partial charge in [-0.15, -0.1) is 0 Å². The third-order valence-corrected chi connectivity index (χ3v) is 3.84. The second-order valence-electron chi connectivity index (χ2n) is 6.10. The Bertz CT molecular complexity index is 912. The number of aromatic amines is 1. The van der Waals surface area contributed by atoms with Gasteiger partial charge in [0.1, 0.15) is 12.7 Å². The van der Waals surface area contributed by atoms with Crippen molar-refractivity contribution < 1.29 is 42.1 Å². The van der Waals surface area contributed by atoms with Gasteiger partial charge in [-0.2, -0.15) is 4.39 Å². The summed E-state index contributed by atoms with van der Waals surface area (Å²) in [5.74, 6) is -3.96. The maximum absolute atomic E-state index is 15.2. The molecule has 29 heavy (non-hydrogen) atoms. The van der Waals surface area contributed by atoms with Gasteiger partial charge >= 0.3 is 23.6 Å². The minimum Gasteiger partial charge on any atom is -0.463 e. The highest BCUT2D eigenvalue weighted by atomic mass is 19.1. The van der Waals surface area contributed by atoms with Gasteiger partial charge in [0.2, 0.25) is 5.82 Å². The van der Waals surface area contributed by atoms with E-state index in [1.165, 1.54) is 0 Å². The molecule has 0 amide bonds. The maximum atomic E-state index is 15.2. The van der Waals surface area contributed by atoms with Crippen LogP contribution in [0.5, 0.6) is 0 Å². The number of nitrogens with zero attached hydrogens (tertiary/aromatic N) is 1. The number of ether oxygens (including phenoxy) is 4. The van der Waals surface area contributed by atoms with Crippen LogP contribution in [0.4, 0.5) is 8.78 Å². The van der Waals surface area contributed by atoms with Crippen molar-refractivity contribution in [1.82, 2.24) is 9.55 Å². The number of halogens is 2. The van der Waals surface area contributed by atoms with Gasteiger partial charge in [0, 0.05) is 20.8 Å². The predicted octanol–water partition coefficient (Wildman–Crippen LogP) is -0.662. The van der Waals surface area contributed by atoms with Crippen molar-refractivity contribution in [3.63, 3.8) is 0 Å². The highest BCUT2D eigenvalue weighted by molar-refractivity contribution is 5.67. The van der Waals surface area contributed by atoms with Gasteiger partial charge in [-0.05, 0) is 0 Å². The van der Waals surface area contributed by atoms with Crippen molar-refractivity contribution in [2.45, 2.75) is 51.5 Å². The Labute approximate surface area is 161 Å². The summed E-state index contributed by atoms with van der Waals surface area (Å²) >= 11 is 0. The van der Waals surface area contributed by atoms with Gasteiger partial charge < -0.3 is 18.9 Å². The average Bonchev–Trinajstić information content (AvgIpc) is 2.60. The van der Waals surface area contributed by atoms with Crippen LogP contribution in [-0.2, 0) is 33.3 Å². The summed E-state index contributed by atoms with van der Waals surface area (Å²) in [6.07, 6.45) is -8.50. The zero-order chi connectivity index (χ0) is 21.9. The van der Waals surface area contributed by atoms with Gasteiger partial charge in [0.25, 0.3) is 5.56 Å². The van der Waals surface area contributed by atoms with Gasteiger partial charge in [0.15, 0.2) is 24.6 Å². The molecule has 1 aliphatic heterocycles. The highest BCUT2D eigenvalue weighted by Crippen LogP contribution is 2.33. The molecule has 1 N–H and O–H groups in total. The lowest BCUT2D eigenvalue weighted by Gasteiger charge is -2.42. The lowest BCUT2D eigenvalue weighted by Crippen LogP contribution is -2.59. The summed E-state index contributed by atoms with van der Waals surface area (Å²) in [5.41, 5.74) is -2.54. The molecule has 5 atom stereocenters. The van der Waals surface area contributed by atoms with Crippen LogP contribution >= 0.6 is 0 Å². The molecule has 0 bridgehead atoms. The number of aromatic nitrogens is 2. The number of H-pyrrole nitrogens is 1. The summed E-state index contributed by atoms with van der Waals surface area (Å²) in [4.78, 5) is 58.9. The van der Waals surface area contributed by atoms with Gasteiger partial charge in [-0.25, -0.2) is 9.18 Å². The summed E-state index contributed by atoms with van der Waals surface area (Å²) in [5, 5.41) is 0. The standard InChI is InChI=1S/C16H18F2N2O9/c1-6(21)26-5-10-12(27-7(2)22)13(28-8(3)23)11(18)15(29-10)20-4-9(17)14(24)19-16(20)25/h4,10-13,15H,5H2,1-3H3,(H,19,24,25)/t10-,11-,12-,13-,15-/m1/s1. The van der Waals surface area contributed by atoms with E-state index < -0.39 is 72.3 Å². The molecule has 1 saturated heterocycles. The van der Waals surface area contributed by atoms with Crippen molar-refractivity contribution in [2.24, 2.45) is 0 Å². The van der Waals surface area contributed by atoms with Crippen molar-refractivity contribution in [3.05, 3.63) is 32.9 Å². The normalized spacial score (nSPS) is 26.4. The first-order valence-electron chi connectivity index (χ1n) is 8.29. The quantitative estimate of drug-likeness (QED) is 0.485. The SMILES string of the molecule is CC(=O)OC[C@H]1O[C@@H](n2cc(F)c(=O)[nH]c2=O)[C@H](F)[C@@H](OC(C)=O)[C@@H]1OC(C)=O. The van der Waals surface area contributed by atoms with E-state index in [-0.39, 0.29) is 0 Å². The Balaban J connectivity index is 2.51. The molecule has 1 aromatic rings. The topological polar surface area (TPSA) is 143 Å². The lowest BCUT2D eigenvalue weighted by molar-refractivity contribution is -0.251. The van der Waals surface area contributed by atoms with Crippen LogP contribution in [0, 0.1) is 5.82 Å². The molecule has 13 heteroatoms. The third-order valence-electron chi connectivity index (χ3n) is 3.84. The van der Waals surface area contributed by atoms with Crippen molar-refractivity contribution in [3.8, 4) is 0 Å². The Morgan fingerprint density at radius 3 is 2.24 bits per heavy atom. The number of nitrogens with one attached hydrogen (secondary N) is 1. The fourth-order valence-electron chi connectivity index (χ4n) is 2.75. The van der Waals surface area contributed by atoms with E-state index in [9.17, 15) is 28.4 Å². The molecule has 1 fully saturated rings. The molecular formula is C16H18F2N2O9. The van der Waals surface area contributed by atoms with Crippen LogP contribution in [-0.4, -0.2) is 58.5 Å². The smallest absolute Gasteiger partial charge is 0.330 e. The summed E-state index contributed by atoms with van der Waals surface area (Å²) in [7, 11) is 0. The summed E-state index contributed by atoms with van der Waals surface area (Å²) in [6, 6.07) is 0. The first kappa shape index (κ1) is 22.2. The van der Waals surface area contributed by atoms with E-state index in [1.807, 2.05) is 0 Å². The molecule has 0 unspecified atom stereocenters. The van der Waals surface area contributed by atoms with Crippen molar-refractivity contribution in [1.29, 1.82) is 0 Å². The number of carbonyl (C=O) groups excluding carboxylic acids is 3. The first-order chi connectivity index (χ1) is 13.5. The van der Waals surface area contributed by atoms with Crippen LogP contribution in [0.3, 0.4) is 0 Å². The fraction of sp³-hybridized carbons (Fsp3) is 0.562. The third kappa shape index (κ3) is 5.25. The lowest BCUT2D eigenvalue weighted by atomic mass is 9.98.